The minimum atomic E-state index is -0.239. The van der Waals surface area contributed by atoms with Crippen LogP contribution in [0, 0.1) is 39.3 Å². The summed E-state index contributed by atoms with van der Waals surface area (Å²) in [6.45, 7) is 8.79. The predicted octanol–water partition coefficient (Wildman–Crippen LogP) is 8.39. The highest BCUT2D eigenvalue weighted by atomic mass is 19.1. The van der Waals surface area contributed by atoms with E-state index >= 15 is 0 Å². The zero-order chi connectivity index (χ0) is 33.4. The van der Waals surface area contributed by atoms with Crippen LogP contribution in [0.2, 0.25) is 0 Å². The Hall–Kier alpha value is -5.97. The van der Waals surface area contributed by atoms with Crippen LogP contribution >= 0.6 is 0 Å². The van der Waals surface area contributed by atoms with Crippen molar-refractivity contribution in [2.75, 3.05) is 0 Å². The third-order valence-corrected chi connectivity index (χ3v) is 8.19. The number of pyridine rings is 1. The number of halogens is 2. The van der Waals surface area contributed by atoms with Crippen LogP contribution in [0.25, 0.3) is 44.7 Å². The average molecular weight is 644 g/mol. The molecule has 2 aromatic carbocycles. The Balaban J connectivity index is 0.000000152. The average Bonchev–Trinajstić information content (AvgIpc) is 3.85. The lowest BCUT2D eigenvalue weighted by atomic mass is 10.1. The smallest absolute Gasteiger partial charge is 0.159 e. The molecule has 0 spiro atoms. The lowest BCUT2D eigenvalue weighted by molar-refractivity contribution is 0.393. The molecule has 0 fully saturated rings. The van der Waals surface area contributed by atoms with Gasteiger partial charge < -0.3 is 18.2 Å². The number of benzene rings is 2. The van der Waals surface area contributed by atoms with Crippen molar-refractivity contribution in [3.8, 4) is 22.5 Å². The topological polar surface area (TPSA) is 101 Å². The number of aryl methyl sites for hydroxylation is 4. The fraction of sp³-hybridized carbons (Fsp3) is 0.162. The second-order valence-corrected chi connectivity index (χ2v) is 11.6. The molecule has 8 aromatic rings. The lowest BCUT2D eigenvalue weighted by Gasteiger charge is -2.07. The molecule has 0 saturated heterocycles. The Bertz CT molecular complexity index is 2160. The van der Waals surface area contributed by atoms with Crippen molar-refractivity contribution in [2.24, 2.45) is 0 Å². The van der Waals surface area contributed by atoms with Gasteiger partial charge in [-0.2, -0.15) is 0 Å². The third kappa shape index (κ3) is 6.09. The molecule has 0 saturated carbocycles. The minimum Gasteiger partial charge on any atom is -0.361 e. The van der Waals surface area contributed by atoms with Gasteiger partial charge in [0.05, 0.1) is 40.1 Å². The van der Waals surface area contributed by atoms with Crippen molar-refractivity contribution in [1.29, 1.82) is 0 Å². The first-order chi connectivity index (χ1) is 23.2. The Kier molecular flexibility index (Phi) is 8.10. The highest BCUT2D eigenvalue weighted by Crippen LogP contribution is 2.28. The van der Waals surface area contributed by atoms with Crippen LogP contribution in [0.5, 0.6) is 0 Å². The first-order valence-corrected chi connectivity index (χ1v) is 15.4. The van der Waals surface area contributed by atoms with Crippen molar-refractivity contribution in [1.82, 2.24) is 34.4 Å². The van der Waals surface area contributed by atoms with Crippen LogP contribution < -0.4 is 0 Å². The van der Waals surface area contributed by atoms with Crippen molar-refractivity contribution in [3.05, 3.63) is 137 Å². The summed E-state index contributed by atoms with van der Waals surface area (Å²) in [4.78, 5) is 14.0. The van der Waals surface area contributed by atoms with E-state index in [0.717, 1.165) is 78.7 Å². The van der Waals surface area contributed by atoms with E-state index < -0.39 is 0 Å². The van der Waals surface area contributed by atoms with Gasteiger partial charge in [-0.1, -0.05) is 34.6 Å². The second-order valence-electron chi connectivity index (χ2n) is 11.6. The normalized spacial score (nSPS) is 11.3. The van der Waals surface area contributed by atoms with Crippen molar-refractivity contribution < 1.29 is 17.8 Å². The zero-order valence-electron chi connectivity index (χ0n) is 26.8. The van der Waals surface area contributed by atoms with Gasteiger partial charge in [0, 0.05) is 30.9 Å². The number of aromatic nitrogens is 7. The maximum absolute atomic E-state index is 13.1. The van der Waals surface area contributed by atoms with Crippen molar-refractivity contribution in [3.63, 3.8) is 0 Å². The SMILES string of the molecule is Cc1noc(C)c1-c1ccc2ccn(Cc3ccc(F)cc3)c2n1.Cc1noc(C)c1-c1cnc2ccn(Cc3ccc(F)cc3)c2n1. The maximum Gasteiger partial charge on any atom is 0.159 e. The molecule has 0 N–H and O–H groups in total. The summed E-state index contributed by atoms with van der Waals surface area (Å²) in [5, 5.41) is 9.04. The number of nitrogens with zero attached hydrogens (tertiary/aromatic N) is 7. The van der Waals surface area contributed by atoms with Gasteiger partial charge in [0.25, 0.3) is 0 Å². The number of hydrogen-bond donors (Lipinski definition) is 0. The standard InChI is InChI=1S/C19H16FN3O.C18H15FN4O/c1-12-18(13(2)24-22-12)17-8-5-15-9-10-23(19(15)21-17)11-14-3-6-16(20)7-4-14;1-11-17(12(2)24-22-11)16-9-20-15-7-8-23(18(15)21-16)10-13-3-5-14(19)6-4-13/h3-10H,11H2,1-2H3;3-9H,10H2,1-2H3. The summed E-state index contributed by atoms with van der Waals surface area (Å²) >= 11 is 0. The maximum atomic E-state index is 13.1. The van der Waals surface area contributed by atoms with Crippen molar-refractivity contribution >= 4 is 22.2 Å². The first kappa shape index (κ1) is 30.7. The Labute approximate surface area is 274 Å². The van der Waals surface area contributed by atoms with Gasteiger partial charge in [0.15, 0.2) is 5.65 Å². The van der Waals surface area contributed by atoms with Gasteiger partial charge in [-0.25, -0.2) is 18.7 Å². The molecule has 0 amide bonds. The Morgan fingerprint density at radius 3 is 1.67 bits per heavy atom. The van der Waals surface area contributed by atoms with Crippen LogP contribution in [-0.4, -0.2) is 34.4 Å². The van der Waals surface area contributed by atoms with Crippen LogP contribution in [0.15, 0.2) is 100 Å². The van der Waals surface area contributed by atoms with E-state index in [4.69, 9.17) is 19.0 Å². The molecule has 0 atom stereocenters. The molecule has 11 heteroatoms. The molecule has 9 nitrogen and oxygen atoms in total. The van der Waals surface area contributed by atoms with Gasteiger partial charge in [0.2, 0.25) is 0 Å². The van der Waals surface area contributed by atoms with Crippen LogP contribution in [0.4, 0.5) is 8.78 Å². The van der Waals surface area contributed by atoms with Crippen LogP contribution in [0.1, 0.15) is 34.0 Å². The molecular formula is C37H31F2N7O2. The Morgan fingerprint density at radius 2 is 1.10 bits per heavy atom. The van der Waals surface area contributed by atoms with E-state index in [1.54, 1.807) is 30.5 Å². The van der Waals surface area contributed by atoms with Crippen LogP contribution in [-0.2, 0) is 13.1 Å². The highest BCUT2D eigenvalue weighted by Gasteiger charge is 2.16. The van der Waals surface area contributed by atoms with E-state index in [2.05, 4.69) is 19.9 Å². The van der Waals surface area contributed by atoms with E-state index in [9.17, 15) is 8.78 Å². The van der Waals surface area contributed by atoms with Gasteiger partial charge in [-0.3, -0.25) is 4.98 Å². The fourth-order valence-corrected chi connectivity index (χ4v) is 5.79. The molecule has 6 aromatic heterocycles. The van der Waals surface area contributed by atoms with Gasteiger partial charge in [0.1, 0.15) is 34.3 Å². The fourth-order valence-electron chi connectivity index (χ4n) is 5.79. The van der Waals surface area contributed by atoms with E-state index in [-0.39, 0.29) is 11.6 Å². The molecule has 0 unspecified atom stereocenters. The summed E-state index contributed by atoms with van der Waals surface area (Å²) in [5.41, 5.74) is 9.51. The summed E-state index contributed by atoms with van der Waals surface area (Å²) in [5.74, 6) is 1.01. The zero-order valence-corrected chi connectivity index (χ0v) is 26.8. The number of fused-ring (bicyclic) bond motifs is 2. The second kappa shape index (κ2) is 12.7. The molecular weight excluding hydrogens is 612 g/mol. The molecule has 0 radical (unpaired) electrons. The van der Waals surface area contributed by atoms with Gasteiger partial charge in [-0.15, -0.1) is 0 Å². The molecule has 0 aliphatic rings. The first-order valence-electron chi connectivity index (χ1n) is 15.4. The van der Waals surface area contributed by atoms with Crippen molar-refractivity contribution in [2.45, 2.75) is 40.8 Å². The van der Waals surface area contributed by atoms with Crippen LogP contribution in [0.3, 0.4) is 0 Å². The molecule has 8 rings (SSSR count). The molecule has 6 heterocycles. The molecule has 0 aliphatic heterocycles. The van der Waals surface area contributed by atoms with E-state index in [0.29, 0.717) is 13.1 Å². The minimum absolute atomic E-state index is 0.227. The van der Waals surface area contributed by atoms with E-state index in [1.807, 2.05) is 68.9 Å². The van der Waals surface area contributed by atoms with Gasteiger partial charge >= 0.3 is 0 Å². The molecule has 240 valence electrons. The lowest BCUT2D eigenvalue weighted by Crippen LogP contribution is -2.00. The quantitative estimate of drug-likeness (QED) is 0.179. The molecule has 48 heavy (non-hydrogen) atoms. The number of hydrogen-bond acceptors (Lipinski definition) is 7. The highest BCUT2D eigenvalue weighted by molar-refractivity contribution is 5.80. The van der Waals surface area contributed by atoms with E-state index in [1.165, 1.54) is 24.3 Å². The number of rotatable bonds is 6. The summed E-state index contributed by atoms with van der Waals surface area (Å²) in [7, 11) is 0. The Morgan fingerprint density at radius 1 is 0.583 bits per heavy atom. The summed E-state index contributed by atoms with van der Waals surface area (Å²) < 4.78 is 40.7. The monoisotopic (exact) mass is 643 g/mol. The predicted molar refractivity (Wildman–Crippen MR) is 178 cm³/mol. The molecule has 0 aliphatic carbocycles. The largest absolute Gasteiger partial charge is 0.361 e. The summed E-state index contributed by atoms with van der Waals surface area (Å²) in [6, 6.07) is 21.0. The molecule has 0 bridgehead atoms. The third-order valence-electron chi connectivity index (χ3n) is 8.19. The van der Waals surface area contributed by atoms with Gasteiger partial charge in [-0.05, 0) is 87.4 Å². The summed E-state index contributed by atoms with van der Waals surface area (Å²) in [6.07, 6.45) is 5.67.